The third kappa shape index (κ3) is 6.05. The summed E-state index contributed by atoms with van der Waals surface area (Å²) < 4.78 is 0. The first kappa shape index (κ1) is 17.9. The van der Waals surface area contributed by atoms with Gasteiger partial charge in [-0.05, 0) is 38.1 Å². The lowest BCUT2D eigenvalue weighted by atomic mass is 9.82. The summed E-state index contributed by atoms with van der Waals surface area (Å²) in [6.45, 7) is 6.59. The largest absolute Gasteiger partial charge is 0.481 e. The van der Waals surface area contributed by atoms with Gasteiger partial charge in [-0.2, -0.15) is 0 Å². The van der Waals surface area contributed by atoms with Crippen molar-refractivity contribution >= 4 is 11.9 Å². The van der Waals surface area contributed by atoms with Crippen molar-refractivity contribution in [1.29, 1.82) is 0 Å². The highest BCUT2D eigenvalue weighted by atomic mass is 16.4. The van der Waals surface area contributed by atoms with Crippen LogP contribution in [-0.4, -0.2) is 30.1 Å². The van der Waals surface area contributed by atoms with Gasteiger partial charge in [0.05, 0.1) is 5.41 Å². The van der Waals surface area contributed by atoms with Gasteiger partial charge >= 0.3 is 5.97 Å². The molecule has 0 aromatic rings. The fraction of sp³-hybridized carbons (Fsp3) is 0.857. The second-order valence-electron chi connectivity index (χ2n) is 5.29. The number of carbonyl (C=O) groups is 2. The molecule has 1 unspecified atom stereocenters. The van der Waals surface area contributed by atoms with E-state index in [2.05, 4.69) is 12.2 Å². The Morgan fingerprint density at radius 1 is 1.26 bits per heavy atom. The van der Waals surface area contributed by atoms with E-state index < -0.39 is 11.4 Å². The van der Waals surface area contributed by atoms with E-state index in [1.54, 1.807) is 0 Å². The molecular weight excluding hydrogens is 244 g/mol. The molecule has 4 N–H and O–H groups in total. The molecule has 0 aliphatic rings. The Bertz CT molecular complexity index is 288. The summed E-state index contributed by atoms with van der Waals surface area (Å²) in [5.74, 6) is -0.483. The minimum absolute atomic E-state index is 0.0728. The summed E-state index contributed by atoms with van der Waals surface area (Å²) in [6, 6.07) is 0. The summed E-state index contributed by atoms with van der Waals surface area (Å²) in [4.78, 5) is 23.0. The van der Waals surface area contributed by atoms with Gasteiger partial charge in [0, 0.05) is 13.0 Å². The summed E-state index contributed by atoms with van der Waals surface area (Å²) in [7, 11) is 0. The lowest BCUT2D eigenvalue weighted by Crippen LogP contribution is -2.42. The van der Waals surface area contributed by atoms with Crippen LogP contribution in [0.15, 0.2) is 0 Å². The molecule has 0 saturated heterocycles. The van der Waals surface area contributed by atoms with Crippen molar-refractivity contribution < 1.29 is 14.7 Å². The van der Waals surface area contributed by atoms with Crippen LogP contribution in [0.3, 0.4) is 0 Å². The molecule has 112 valence electrons. The summed E-state index contributed by atoms with van der Waals surface area (Å²) in [6.07, 6.45) is 3.17. The van der Waals surface area contributed by atoms with E-state index in [0.29, 0.717) is 31.7 Å². The molecular formula is C14H28N2O3. The van der Waals surface area contributed by atoms with Gasteiger partial charge in [-0.15, -0.1) is 0 Å². The lowest BCUT2D eigenvalue weighted by molar-refractivity contribution is -0.149. The Kier molecular flexibility index (Phi) is 8.39. The molecule has 5 heteroatoms. The van der Waals surface area contributed by atoms with Crippen molar-refractivity contribution in [3.8, 4) is 0 Å². The number of amides is 1. The van der Waals surface area contributed by atoms with E-state index in [9.17, 15) is 14.7 Å². The second kappa shape index (κ2) is 8.91. The van der Waals surface area contributed by atoms with Crippen LogP contribution < -0.4 is 11.1 Å². The Morgan fingerprint density at radius 3 is 2.26 bits per heavy atom. The van der Waals surface area contributed by atoms with Gasteiger partial charge in [-0.3, -0.25) is 9.59 Å². The van der Waals surface area contributed by atoms with Gasteiger partial charge in [-0.25, -0.2) is 0 Å². The number of carboxylic acids is 1. The third-order valence-electron chi connectivity index (χ3n) is 3.95. The molecule has 0 radical (unpaired) electrons. The zero-order valence-electron chi connectivity index (χ0n) is 12.4. The van der Waals surface area contributed by atoms with Crippen LogP contribution in [-0.2, 0) is 9.59 Å². The molecule has 0 fully saturated rings. The van der Waals surface area contributed by atoms with Gasteiger partial charge in [0.15, 0.2) is 0 Å². The average Bonchev–Trinajstić information content (AvgIpc) is 2.38. The number of hydrogen-bond donors (Lipinski definition) is 3. The molecule has 0 rings (SSSR count). The van der Waals surface area contributed by atoms with Crippen molar-refractivity contribution in [1.82, 2.24) is 5.32 Å². The Balaban J connectivity index is 4.16. The lowest BCUT2D eigenvalue weighted by Gasteiger charge is -2.26. The molecule has 0 heterocycles. The standard InChI is InChI=1S/C14H28N2O3/c1-4-14(5-2,13(18)19)10-16-12(17)7-6-11(3)8-9-15/h11H,4-10,15H2,1-3H3,(H,16,17)(H,18,19). The molecule has 0 aliphatic carbocycles. The van der Waals surface area contributed by atoms with Gasteiger partial charge in [0.2, 0.25) is 5.91 Å². The minimum atomic E-state index is -0.839. The molecule has 1 amide bonds. The number of rotatable bonds is 10. The number of aliphatic carboxylic acids is 1. The predicted octanol–water partition coefficient (Wildman–Crippen LogP) is 1.76. The van der Waals surface area contributed by atoms with Crippen molar-refractivity contribution in [2.75, 3.05) is 13.1 Å². The van der Waals surface area contributed by atoms with Gasteiger partial charge in [0.1, 0.15) is 0 Å². The molecule has 19 heavy (non-hydrogen) atoms. The van der Waals surface area contributed by atoms with Crippen molar-refractivity contribution in [3.05, 3.63) is 0 Å². The Labute approximate surface area is 115 Å². The molecule has 0 aliphatic heterocycles. The highest BCUT2D eigenvalue weighted by Gasteiger charge is 2.34. The fourth-order valence-electron chi connectivity index (χ4n) is 2.04. The summed E-state index contributed by atoms with van der Waals surface area (Å²) in [5, 5.41) is 12.0. The number of nitrogens with two attached hydrogens (primary N) is 1. The van der Waals surface area contributed by atoms with Crippen LogP contribution in [0.25, 0.3) is 0 Å². The molecule has 1 atom stereocenters. The van der Waals surface area contributed by atoms with Crippen LogP contribution in [0, 0.1) is 11.3 Å². The van der Waals surface area contributed by atoms with E-state index in [4.69, 9.17) is 5.73 Å². The first-order valence-electron chi connectivity index (χ1n) is 7.12. The van der Waals surface area contributed by atoms with Crippen LogP contribution in [0.5, 0.6) is 0 Å². The van der Waals surface area contributed by atoms with E-state index >= 15 is 0 Å². The van der Waals surface area contributed by atoms with Crippen molar-refractivity contribution in [2.45, 2.75) is 52.9 Å². The Morgan fingerprint density at radius 2 is 1.84 bits per heavy atom. The smallest absolute Gasteiger partial charge is 0.311 e. The third-order valence-corrected chi connectivity index (χ3v) is 3.95. The second-order valence-corrected chi connectivity index (χ2v) is 5.29. The monoisotopic (exact) mass is 272 g/mol. The first-order valence-corrected chi connectivity index (χ1v) is 7.12. The van der Waals surface area contributed by atoms with Crippen molar-refractivity contribution in [2.24, 2.45) is 17.1 Å². The van der Waals surface area contributed by atoms with Crippen molar-refractivity contribution in [3.63, 3.8) is 0 Å². The molecule has 5 nitrogen and oxygen atoms in total. The molecule has 0 aromatic carbocycles. The van der Waals surface area contributed by atoms with E-state index in [0.717, 1.165) is 12.8 Å². The average molecular weight is 272 g/mol. The normalized spacial score (nSPS) is 13.1. The van der Waals surface area contributed by atoms with E-state index in [1.165, 1.54) is 0 Å². The number of nitrogens with one attached hydrogen (secondary N) is 1. The quantitative estimate of drug-likeness (QED) is 0.565. The van der Waals surface area contributed by atoms with Gasteiger partial charge < -0.3 is 16.2 Å². The minimum Gasteiger partial charge on any atom is -0.481 e. The van der Waals surface area contributed by atoms with Crippen LogP contribution >= 0.6 is 0 Å². The molecule has 0 spiro atoms. The fourth-order valence-corrected chi connectivity index (χ4v) is 2.04. The molecule has 0 aromatic heterocycles. The maximum atomic E-state index is 11.7. The number of carboxylic acid groups (broad SMARTS) is 1. The summed E-state index contributed by atoms with van der Waals surface area (Å²) in [5.41, 5.74) is 4.62. The van der Waals surface area contributed by atoms with Gasteiger partial charge in [0.25, 0.3) is 0 Å². The van der Waals surface area contributed by atoms with Gasteiger partial charge in [-0.1, -0.05) is 20.8 Å². The maximum Gasteiger partial charge on any atom is 0.311 e. The molecule has 0 bridgehead atoms. The van der Waals surface area contributed by atoms with Crippen LogP contribution in [0.1, 0.15) is 52.9 Å². The maximum absolute atomic E-state index is 11.7. The topological polar surface area (TPSA) is 92.4 Å². The van der Waals surface area contributed by atoms with E-state index in [-0.39, 0.29) is 12.5 Å². The summed E-state index contributed by atoms with van der Waals surface area (Å²) >= 11 is 0. The number of hydrogen-bond acceptors (Lipinski definition) is 3. The Hall–Kier alpha value is -1.10. The predicted molar refractivity (Wildman–Crippen MR) is 75.7 cm³/mol. The highest BCUT2D eigenvalue weighted by Crippen LogP contribution is 2.25. The zero-order chi connectivity index (χ0) is 14.9. The van der Waals surface area contributed by atoms with E-state index in [1.807, 2.05) is 13.8 Å². The van der Waals surface area contributed by atoms with Crippen LogP contribution in [0.2, 0.25) is 0 Å². The molecule has 0 saturated carbocycles. The first-order chi connectivity index (χ1) is 8.91. The number of carbonyl (C=O) groups excluding carboxylic acids is 1. The highest BCUT2D eigenvalue weighted by molar-refractivity contribution is 5.79. The SMILES string of the molecule is CCC(CC)(CNC(=O)CCC(C)CCN)C(=O)O. The van der Waals surface area contributed by atoms with Crippen LogP contribution in [0.4, 0.5) is 0 Å². The zero-order valence-corrected chi connectivity index (χ0v) is 12.4.